The van der Waals surface area contributed by atoms with E-state index < -0.39 is 12.1 Å². The molecule has 0 saturated heterocycles. The van der Waals surface area contributed by atoms with Crippen molar-refractivity contribution in [2.24, 2.45) is 7.05 Å². The Balaban J connectivity index is 1.31. The fraction of sp³-hybridized carbons (Fsp3) is 0.273. The number of para-hydroxylation sites is 1. The van der Waals surface area contributed by atoms with Crippen LogP contribution in [0.4, 0.5) is 0 Å². The Morgan fingerprint density at radius 3 is 2.29 bits per heavy atom. The van der Waals surface area contributed by atoms with Gasteiger partial charge in [-0.2, -0.15) is 5.10 Å². The minimum atomic E-state index is -1.03. The third-order valence-electron chi connectivity index (χ3n) is 7.01. The summed E-state index contributed by atoms with van der Waals surface area (Å²) in [6, 6.07) is 26.1. The van der Waals surface area contributed by atoms with Crippen molar-refractivity contribution in [3.8, 4) is 11.5 Å². The summed E-state index contributed by atoms with van der Waals surface area (Å²) < 4.78 is 15.0. The predicted octanol–water partition coefficient (Wildman–Crippen LogP) is 4.83. The number of rotatable bonds is 13. The molecule has 0 fully saturated rings. The van der Waals surface area contributed by atoms with Gasteiger partial charge < -0.3 is 14.6 Å². The molecule has 5 rings (SSSR count). The van der Waals surface area contributed by atoms with E-state index in [0.717, 1.165) is 29.7 Å². The molecule has 2 aromatic heterocycles. The first-order chi connectivity index (χ1) is 20.4. The zero-order valence-corrected chi connectivity index (χ0v) is 23.8. The van der Waals surface area contributed by atoms with Crippen molar-refractivity contribution >= 4 is 17.0 Å². The Morgan fingerprint density at radius 1 is 0.929 bits per heavy atom. The predicted molar refractivity (Wildman–Crippen MR) is 160 cm³/mol. The molecule has 1 N–H and O–H groups in total. The third kappa shape index (κ3) is 6.68. The number of aliphatic carboxylic acids is 1. The molecule has 1 unspecified atom stereocenters. The van der Waals surface area contributed by atoms with Crippen molar-refractivity contribution in [1.82, 2.24) is 19.3 Å². The first-order valence-corrected chi connectivity index (χ1v) is 14.1. The van der Waals surface area contributed by atoms with Gasteiger partial charge in [-0.05, 0) is 41.8 Å². The van der Waals surface area contributed by atoms with E-state index in [0.29, 0.717) is 41.3 Å². The Labute approximate surface area is 244 Å². The molecule has 9 heteroatoms. The molecule has 3 aromatic carbocycles. The number of carboxylic acids is 1. The van der Waals surface area contributed by atoms with E-state index >= 15 is 0 Å². The summed E-state index contributed by atoms with van der Waals surface area (Å²) in [5, 5.41) is 14.2. The van der Waals surface area contributed by atoms with Crippen LogP contribution in [0.1, 0.15) is 36.0 Å². The average molecular weight is 567 g/mol. The van der Waals surface area contributed by atoms with Gasteiger partial charge in [0.05, 0.1) is 12.2 Å². The summed E-state index contributed by atoms with van der Waals surface area (Å²) in [6.45, 7) is 2.65. The molecule has 5 aromatic rings. The molecule has 0 aliphatic rings. The highest BCUT2D eigenvalue weighted by Gasteiger charge is 2.21. The maximum absolute atomic E-state index is 13.7. The Morgan fingerprint density at radius 2 is 1.62 bits per heavy atom. The highest BCUT2D eigenvalue weighted by atomic mass is 16.5. The van der Waals surface area contributed by atoms with Crippen molar-refractivity contribution in [3.63, 3.8) is 0 Å². The van der Waals surface area contributed by atoms with Crippen molar-refractivity contribution in [2.75, 3.05) is 6.61 Å². The molecular formula is C33H34N4O5. The number of carboxylic acid groups (broad SMARTS) is 1. The second kappa shape index (κ2) is 13.2. The van der Waals surface area contributed by atoms with Gasteiger partial charge in [0.1, 0.15) is 29.4 Å². The lowest BCUT2D eigenvalue weighted by atomic mass is 10.1. The third-order valence-corrected chi connectivity index (χ3v) is 7.01. The van der Waals surface area contributed by atoms with E-state index in [1.54, 1.807) is 52.7 Å². The molecule has 0 aliphatic heterocycles. The Kier molecular flexibility index (Phi) is 8.96. The van der Waals surface area contributed by atoms with Gasteiger partial charge in [0.25, 0.3) is 5.56 Å². The van der Waals surface area contributed by atoms with Crippen molar-refractivity contribution in [1.29, 1.82) is 0 Å². The molecule has 0 radical (unpaired) electrons. The number of aromatic nitrogens is 4. The Hall–Kier alpha value is -4.92. The average Bonchev–Trinajstić information content (AvgIpc) is 3.31. The molecule has 2 heterocycles. The molecule has 0 spiro atoms. The fourth-order valence-corrected chi connectivity index (χ4v) is 4.94. The molecule has 216 valence electrons. The quantitative estimate of drug-likeness (QED) is 0.218. The number of aryl methyl sites for hydroxylation is 2. The van der Waals surface area contributed by atoms with Crippen LogP contribution in [0.5, 0.6) is 11.5 Å². The first-order valence-electron chi connectivity index (χ1n) is 14.1. The number of fused-ring (bicyclic) bond motifs is 1. The van der Waals surface area contributed by atoms with E-state index in [1.165, 1.54) is 0 Å². The molecule has 0 bridgehead atoms. The molecular weight excluding hydrogens is 532 g/mol. The van der Waals surface area contributed by atoms with Crippen LogP contribution in [0.3, 0.4) is 0 Å². The number of ether oxygens (including phenoxy) is 2. The van der Waals surface area contributed by atoms with Crippen LogP contribution < -0.4 is 15.0 Å². The minimum Gasteiger partial charge on any atom is -0.492 e. The normalized spacial score (nSPS) is 11.9. The second-order valence-corrected chi connectivity index (χ2v) is 10.1. The highest BCUT2D eigenvalue weighted by molar-refractivity contribution is 5.77. The summed E-state index contributed by atoms with van der Waals surface area (Å²) in [7, 11) is 1.78. The topological polar surface area (TPSA) is 108 Å². The van der Waals surface area contributed by atoms with Gasteiger partial charge in [-0.15, -0.1) is 0 Å². The van der Waals surface area contributed by atoms with E-state index in [9.17, 15) is 14.7 Å². The van der Waals surface area contributed by atoms with Gasteiger partial charge >= 0.3 is 5.97 Å². The van der Waals surface area contributed by atoms with Crippen LogP contribution in [-0.2, 0) is 37.6 Å². The minimum absolute atomic E-state index is 0.139. The highest BCUT2D eigenvalue weighted by Crippen LogP contribution is 2.19. The number of carbonyl (C=O) groups is 1. The molecule has 0 amide bonds. The smallest absolute Gasteiger partial charge is 0.345 e. The van der Waals surface area contributed by atoms with Crippen LogP contribution in [0.25, 0.3) is 11.0 Å². The van der Waals surface area contributed by atoms with E-state index in [2.05, 4.69) is 12.0 Å². The van der Waals surface area contributed by atoms with Gasteiger partial charge in [0.15, 0.2) is 11.6 Å². The van der Waals surface area contributed by atoms with Crippen molar-refractivity contribution < 1.29 is 19.4 Å². The summed E-state index contributed by atoms with van der Waals surface area (Å²) >= 11 is 0. The molecule has 42 heavy (non-hydrogen) atoms. The lowest BCUT2D eigenvalue weighted by Gasteiger charge is -2.16. The van der Waals surface area contributed by atoms with Crippen LogP contribution >= 0.6 is 0 Å². The van der Waals surface area contributed by atoms with Crippen LogP contribution in [0, 0.1) is 0 Å². The van der Waals surface area contributed by atoms with Gasteiger partial charge in [-0.25, -0.2) is 9.78 Å². The lowest BCUT2D eigenvalue weighted by molar-refractivity contribution is -0.145. The first kappa shape index (κ1) is 28.6. The number of nitrogens with zero attached hydrogens (tertiary/aromatic N) is 4. The molecule has 1 atom stereocenters. The standard InChI is InChI=1S/C33H34N4O5/c1-3-10-27-30-31(36(2)35-27)32(38)37(29(34-30)22-23-11-6-4-7-12-23)19-20-41-25-17-15-24(16-18-25)21-28(33(39)40)42-26-13-8-5-9-14-26/h4-9,11-18,28H,3,10,19-22H2,1-2H3,(H,39,40). The van der Waals surface area contributed by atoms with Crippen LogP contribution in [-0.4, -0.2) is 43.1 Å². The molecule has 0 aliphatic carbocycles. The van der Waals surface area contributed by atoms with Crippen LogP contribution in [0.2, 0.25) is 0 Å². The van der Waals surface area contributed by atoms with Crippen LogP contribution in [0.15, 0.2) is 89.7 Å². The zero-order chi connectivity index (χ0) is 29.5. The SMILES string of the molecule is CCCc1nn(C)c2c(=O)n(CCOc3ccc(CC(Oc4ccccc4)C(=O)O)cc3)c(Cc3ccccc3)nc12. The lowest BCUT2D eigenvalue weighted by Crippen LogP contribution is -2.29. The van der Waals surface area contributed by atoms with Crippen molar-refractivity contribution in [2.45, 2.75) is 45.3 Å². The van der Waals surface area contributed by atoms with E-state index in [-0.39, 0.29) is 18.6 Å². The number of hydrogen-bond donors (Lipinski definition) is 1. The van der Waals surface area contributed by atoms with Gasteiger partial charge in [-0.3, -0.25) is 14.0 Å². The maximum atomic E-state index is 13.7. The summed E-state index contributed by atoms with van der Waals surface area (Å²) in [5.41, 5.74) is 3.72. The maximum Gasteiger partial charge on any atom is 0.345 e. The fourth-order valence-electron chi connectivity index (χ4n) is 4.94. The zero-order valence-electron chi connectivity index (χ0n) is 23.8. The number of hydrogen-bond acceptors (Lipinski definition) is 6. The van der Waals surface area contributed by atoms with Crippen molar-refractivity contribution in [3.05, 3.63) is 118 Å². The largest absolute Gasteiger partial charge is 0.492 e. The summed E-state index contributed by atoms with van der Waals surface area (Å²) in [4.78, 5) is 30.4. The van der Waals surface area contributed by atoms with E-state index in [4.69, 9.17) is 14.5 Å². The summed E-state index contributed by atoms with van der Waals surface area (Å²) in [6.07, 6.45) is 1.37. The Bertz CT molecular complexity index is 1700. The number of benzene rings is 3. The van der Waals surface area contributed by atoms with E-state index in [1.807, 2.05) is 48.5 Å². The summed E-state index contributed by atoms with van der Waals surface area (Å²) in [5.74, 6) is 0.761. The second-order valence-electron chi connectivity index (χ2n) is 10.1. The molecule has 0 saturated carbocycles. The van der Waals surface area contributed by atoms with Gasteiger partial charge in [-0.1, -0.05) is 74.0 Å². The monoisotopic (exact) mass is 566 g/mol. The van der Waals surface area contributed by atoms with Gasteiger partial charge in [0.2, 0.25) is 0 Å². The molecule has 9 nitrogen and oxygen atoms in total. The van der Waals surface area contributed by atoms with Gasteiger partial charge in [0, 0.05) is 19.9 Å².